The van der Waals surface area contributed by atoms with Gasteiger partial charge in [0.1, 0.15) is 6.04 Å². The molecule has 0 bridgehead atoms. The minimum atomic E-state index is -0.258. The van der Waals surface area contributed by atoms with Crippen molar-refractivity contribution in [3.05, 3.63) is 29.8 Å². The number of nitriles is 1. The van der Waals surface area contributed by atoms with Crippen LogP contribution in [0.4, 0.5) is 5.69 Å². The van der Waals surface area contributed by atoms with Crippen molar-refractivity contribution in [2.75, 3.05) is 19.0 Å². The predicted octanol–water partition coefficient (Wildman–Crippen LogP) is 2.71. The van der Waals surface area contributed by atoms with Gasteiger partial charge in [-0.2, -0.15) is 5.26 Å². The highest BCUT2D eigenvalue weighted by molar-refractivity contribution is 5.47. The van der Waals surface area contributed by atoms with Gasteiger partial charge >= 0.3 is 0 Å². The number of nitrogens with zero attached hydrogens (tertiary/aromatic N) is 2. The number of benzene rings is 1. The van der Waals surface area contributed by atoms with Crippen LogP contribution in [0.5, 0.6) is 0 Å². The summed E-state index contributed by atoms with van der Waals surface area (Å²) in [6, 6.07) is 10.1. The van der Waals surface area contributed by atoms with Crippen LogP contribution < -0.4 is 10.2 Å². The van der Waals surface area contributed by atoms with Gasteiger partial charge in [-0.1, -0.05) is 12.1 Å². The third-order valence-corrected chi connectivity index (χ3v) is 2.45. The fraction of sp³-hybridized carbons (Fsp3) is 0.500. The molecule has 0 saturated heterocycles. The molecule has 0 amide bonds. The van der Waals surface area contributed by atoms with Crippen molar-refractivity contribution in [3.8, 4) is 6.07 Å². The maximum Gasteiger partial charge on any atom is 0.121 e. The van der Waals surface area contributed by atoms with Crippen LogP contribution in [-0.2, 0) is 0 Å². The van der Waals surface area contributed by atoms with Crippen molar-refractivity contribution >= 4 is 5.69 Å². The van der Waals surface area contributed by atoms with Gasteiger partial charge in [0.2, 0.25) is 0 Å². The summed E-state index contributed by atoms with van der Waals surface area (Å²) >= 11 is 0. The van der Waals surface area contributed by atoms with Crippen molar-refractivity contribution in [1.82, 2.24) is 5.32 Å². The van der Waals surface area contributed by atoms with E-state index in [0.717, 1.165) is 11.3 Å². The summed E-state index contributed by atoms with van der Waals surface area (Å²) in [6.45, 7) is 6.18. The average molecular weight is 231 g/mol. The predicted molar refractivity (Wildman–Crippen MR) is 72.0 cm³/mol. The van der Waals surface area contributed by atoms with Crippen LogP contribution in [-0.4, -0.2) is 19.6 Å². The van der Waals surface area contributed by atoms with E-state index in [1.54, 1.807) is 0 Å². The molecule has 1 atom stereocenters. The van der Waals surface area contributed by atoms with Crippen LogP contribution in [0.15, 0.2) is 24.3 Å². The Balaban J connectivity index is 2.87. The lowest BCUT2D eigenvalue weighted by Gasteiger charge is -2.25. The van der Waals surface area contributed by atoms with E-state index >= 15 is 0 Å². The molecule has 3 nitrogen and oxygen atoms in total. The van der Waals surface area contributed by atoms with Gasteiger partial charge in [0, 0.05) is 25.3 Å². The summed E-state index contributed by atoms with van der Waals surface area (Å²) in [5.74, 6) is 0. The molecule has 3 heteroatoms. The second-order valence-electron chi connectivity index (χ2n) is 5.44. The van der Waals surface area contributed by atoms with E-state index in [1.807, 2.05) is 43.3 Å². The van der Waals surface area contributed by atoms with E-state index in [4.69, 9.17) is 0 Å². The first kappa shape index (κ1) is 13.5. The summed E-state index contributed by atoms with van der Waals surface area (Å²) in [6.07, 6.45) is 0. The average Bonchev–Trinajstić information content (AvgIpc) is 2.25. The molecule has 1 aromatic carbocycles. The van der Waals surface area contributed by atoms with E-state index in [1.165, 1.54) is 0 Å². The molecule has 0 aromatic heterocycles. The molecule has 0 saturated carbocycles. The first-order chi connectivity index (χ1) is 7.83. The molecule has 1 unspecified atom stereocenters. The first-order valence-electron chi connectivity index (χ1n) is 5.78. The van der Waals surface area contributed by atoms with Crippen LogP contribution in [0.1, 0.15) is 32.4 Å². The summed E-state index contributed by atoms with van der Waals surface area (Å²) in [4.78, 5) is 2.04. The Morgan fingerprint density at radius 2 is 1.71 bits per heavy atom. The quantitative estimate of drug-likeness (QED) is 0.869. The molecule has 0 aliphatic carbocycles. The van der Waals surface area contributed by atoms with Gasteiger partial charge in [0.15, 0.2) is 0 Å². The van der Waals surface area contributed by atoms with E-state index in [-0.39, 0.29) is 11.6 Å². The lowest BCUT2D eigenvalue weighted by molar-refractivity contribution is 0.400. The van der Waals surface area contributed by atoms with E-state index in [0.29, 0.717) is 0 Å². The second-order valence-corrected chi connectivity index (χ2v) is 5.44. The molecule has 17 heavy (non-hydrogen) atoms. The first-order valence-corrected chi connectivity index (χ1v) is 5.78. The van der Waals surface area contributed by atoms with Gasteiger partial charge in [-0.05, 0) is 38.5 Å². The Hall–Kier alpha value is -1.53. The maximum atomic E-state index is 9.20. The molecule has 0 radical (unpaired) electrons. The van der Waals surface area contributed by atoms with Crippen LogP contribution in [0, 0.1) is 11.3 Å². The molecular weight excluding hydrogens is 210 g/mol. The van der Waals surface area contributed by atoms with Gasteiger partial charge in [0.25, 0.3) is 0 Å². The minimum Gasteiger partial charge on any atom is -0.378 e. The summed E-state index contributed by atoms with van der Waals surface area (Å²) in [7, 11) is 4.01. The number of hydrogen-bond acceptors (Lipinski definition) is 3. The molecule has 0 heterocycles. The molecule has 92 valence electrons. The second kappa shape index (κ2) is 5.20. The summed E-state index contributed by atoms with van der Waals surface area (Å²) in [5.41, 5.74) is 2.08. The van der Waals surface area contributed by atoms with Gasteiger partial charge in [-0.15, -0.1) is 0 Å². The number of rotatable bonds is 3. The van der Waals surface area contributed by atoms with Gasteiger partial charge in [-0.25, -0.2) is 0 Å². The van der Waals surface area contributed by atoms with Gasteiger partial charge < -0.3 is 4.90 Å². The maximum absolute atomic E-state index is 9.20. The van der Waals surface area contributed by atoms with E-state index < -0.39 is 0 Å². The highest BCUT2D eigenvalue weighted by Gasteiger charge is 2.18. The third-order valence-electron chi connectivity index (χ3n) is 2.45. The molecular formula is C14H21N3. The van der Waals surface area contributed by atoms with Crippen LogP contribution in [0.25, 0.3) is 0 Å². The number of nitrogens with one attached hydrogen (secondary N) is 1. The molecule has 0 fully saturated rings. The highest BCUT2D eigenvalue weighted by Crippen LogP contribution is 2.19. The Kier molecular flexibility index (Phi) is 4.14. The van der Waals surface area contributed by atoms with Gasteiger partial charge in [-0.3, -0.25) is 5.32 Å². The highest BCUT2D eigenvalue weighted by atomic mass is 15.1. The largest absolute Gasteiger partial charge is 0.378 e. The van der Waals surface area contributed by atoms with E-state index in [2.05, 4.69) is 32.2 Å². The number of hydrogen-bond donors (Lipinski definition) is 1. The van der Waals surface area contributed by atoms with Crippen LogP contribution in [0.2, 0.25) is 0 Å². The number of anilines is 1. The fourth-order valence-electron chi connectivity index (χ4n) is 1.59. The lowest BCUT2D eigenvalue weighted by Crippen LogP contribution is -2.38. The molecule has 0 aliphatic heterocycles. The molecule has 1 N–H and O–H groups in total. The monoisotopic (exact) mass is 231 g/mol. The molecule has 1 rings (SSSR count). The third kappa shape index (κ3) is 4.08. The van der Waals surface area contributed by atoms with Gasteiger partial charge in [0.05, 0.1) is 6.07 Å². The van der Waals surface area contributed by atoms with Crippen molar-refractivity contribution < 1.29 is 0 Å². The SMILES string of the molecule is CN(C)c1ccc(C(C#N)NC(C)(C)C)cc1. The van der Waals surface area contributed by atoms with Crippen LogP contribution in [0.3, 0.4) is 0 Å². The van der Waals surface area contributed by atoms with Crippen molar-refractivity contribution in [1.29, 1.82) is 5.26 Å². The molecule has 0 aliphatic rings. The summed E-state index contributed by atoms with van der Waals surface area (Å²) in [5, 5.41) is 12.5. The van der Waals surface area contributed by atoms with Crippen LogP contribution >= 0.6 is 0 Å². The Morgan fingerprint density at radius 3 is 2.06 bits per heavy atom. The fourth-order valence-corrected chi connectivity index (χ4v) is 1.59. The van der Waals surface area contributed by atoms with Crippen molar-refractivity contribution in [3.63, 3.8) is 0 Å². The zero-order chi connectivity index (χ0) is 13.1. The molecule has 0 spiro atoms. The standard InChI is InChI=1S/C14H21N3/c1-14(2,3)16-13(10-15)11-6-8-12(9-7-11)17(4)5/h6-9,13,16H,1-5H3. The summed E-state index contributed by atoms with van der Waals surface area (Å²) < 4.78 is 0. The van der Waals surface area contributed by atoms with Crippen molar-refractivity contribution in [2.24, 2.45) is 0 Å². The van der Waals surface area contributed by atoms with E-state index in [9.17, 15) is 5.26 Å². The zero-order valence-corrected chi connectivity index (χ0v) is 11.3. The normalized spacial score (nSPS) is 12.9. The lowest BCUT2D eigenvalue weighted by atomic mass is 10.0. The minimum absolute atomic E-state index is 0.0688. The molecule has 1 aromatic rings. The Bertz CT molecular complexity index is 393. The zero-order valence-electron chi connectivity index (χ0n) is 11.3. The van der Waals surface area contributed by atoms with Crippen molar-refractivity contribution in [2.45, 2.75) is 32.4 Å². The Labute approximate surface area is 104 Å². The topological polar surface area (TPSA) is 39.1 Å². The smallest absolute Gasteiger partial charge is 0.121 e. The Morgan fingerprint density at radius 1 is 1.18 bits per heavy atom.